The molecule has 4 nitrogen and oxygen atoms in total. The second kappa shape index (κ2) is 4.81. The number of nitrogen functional groups attached to an aromatic ring is 1. The summed E-state index contributed by atoms with van der Waals surface area (Å²) < 4.78 is 0. The van der Waals surface area contributed by atoms with E-state index in [1.165, 1.54) is 12.8 Å². The van der Waals surface area contributed by atoms with Crippen molar-refractivity contribution in [2.45, 2.75) is 31.7 Å². The van der Waals surface area contributed by atoms with E-state index in [1.807, 2.05) is 0 Å². The lowest BCUT2D eigenvalue weighted by Gasteiger charge is -2.23. The summed E-state index contributed by atoms with van der Waals surface area (Å²) in [6.45, 7) is 1.35. The highest BCUT2D eigenvalue weighted by Crippen LogP contribution is 2.32. The van der Waals surface area contributed by atoms with Crippen molar-refractivity contribution < 1.29 is 5.11 Å². The summed E-state index contributed by atoms with van der Waals surface area (Å²) in [5.41, 5.74) is 5.68. The van der Waals surface area contributed by atoms with Gasteiger partial charge in [0.25, 0.3) is 0 Å². The summed E-state index contributed by atoms with van der Waals surface area (Å²) in [4.78, 5) is 6.64. The molecule has 84 valence electrons. The van der Waals surface area contributed by atoms with E-state index in [0.717, 1.165) is 29.5 Å². The number of anilines is 2. The second-order valence-electron chi connectivity index (χ2n) is 3.90. The van der Waals surface area contributed by atoms with Gasteiger partial charge in [0.15, 0.2) is 5.13 Å². The average molecular weight is 227 g/mol. The molecule has 1 fully saturated rings. The molecule has 1 unspecified atom stereocenters. The van der Waals surface area contributed by atoms with Gasteiger partial charge in [-0.25, -0.2) is 4.98 Å². The molecule has 1 aliphatic heterocycles. The Morgan fingerprint density at radius 3 is 3.20 bits per heavy atom. The standard InChI is InChI=1S/C10H17N3OS/c11-9-7-12-10(15-9)13-5-1-3-8(13)4-2-6-14/h7-8,14H,1-6,11H2. The Morgan fingerprint density at radius 2 is 2.53 bits per heavy atom. The third kappa shape index (κ3) is 2.41. The van der Waals surface area contributed by atoms with Gasteiger partial charge in [0.05, 0.1) is 6.20 Å². The first-order valence-electron chi connectivity index (χ1n) is 5.40. The lowest BCUT2D eigenvalue weighted by atomic mass is 10.1. The van der Waals surface area contributed by atoms with Crippen LogP contribution in [0.15, 0.2) is 6.20 Å². The number of aliphatic hydroxyl groups is 1. The Bertz CT molecular complexity index is 315. The zero-order valence-corrected chi connectivity index (χ0v) is 9.54. The summed E-state index contributed by atoms with van der Waals surface area (Å²) in [7, 11) is 0. The van der Waals surface area contributed by atoms with Crippen molar-refractivity contribution in [3.63, 3.8) is 0 Å². The van der Waals surface area contributed by atoms with Crippen molar-refractivity contribution in [3.8, 4) is 0 Å². The minimum absolute atomic E-state index is 0.282. The Hall–Kier alpha value is -0.810. The van der Waals surface area contributed by atoms with Gasteiger partial charge >= 0.3 is 0 Å². The highest BCUT2D eigenvalue weighted by molar-refractivity contribution is 7.19. The van der Waals surface area contributed by atoms with E-state index in [2.05, 4.69) is 9.88 Å². The third-order valence-electron chi connectivity index (χ3n) is 2.83. The summed E-state index contributed by atoms with van der Waals surface area (Å²) in [6.07, 6.45) is 6.08. The molecule has 3 N–H and O–H groups in total. The molecule has 15 heavy (non-hydrogen) atoms. The number of hydrogen-bond donors (Lipinski definition) is 2. The van der Waals surface area contributed by atoms with Crippen molar-refractivity contribution in [1.82, 2.24) is 4.98 Å². The maximum absolute atomic E-state index is 8.84. The lowest BCUT2D eigenvalue weighted by Crippen LogP contribution is -2.29. The minimum Gasteiger partial charge on any atom is -0.396 e. The molecule has 0 radical (unpaired) electrons. The van der Waals surface area contributed by atoms with Crippen LogP contribution < -0.4 is 10.6 Å². The van der Waals surface area contributed by atoms with Crippen molar-refractivity contribution >= 4 is 21.5 Å². The Kier molecular flexibility index (Phi) is 3.43. The number of nitrogens with two attached hydrogens (primary N) is 1. The molecule has 0 amide bonds. The highest BCUT2D eigenvalue weighted by atomic mass is 32.1. The summed E-state index contributed by atoms with van der Waals surface area (Å²) in [5.74, 6) is 0. The van der Waals surface area contributed by atoms with Gasteiger partial charge in [0.2, 0.25) is 0 Å². The van der Waals surface area contributed by atoms with Crippen LogP contribution in [0, 0.1) is 0 Å². The average Bonchev–Trinajstić information content (AvgIpc) is 2.82. The van der Waals surface area contributed by atoms with Gasteiger partial charge in [-0.2, -0.15) is 0 Å². The number of nitrogens with zero attached hydrogens (tertiary/aromatic N) is 2. The van der Waals surface area contributed by atoms with Crippen LogP contribution in [-0.2, 0) is 0 Å². The number of aliphatic hydroxyl groups excluding tert-OH is 1. The van der Waals surface area contributed by atoms with Gasteiger partial charge < -0.3 is 15.7 Å². The Morgan fingerprint density at radius 1 is 1.67 bits per heavy atom. The van der Waals surface area contributed by atoms with E-state index in [1.54, 1.807) is 17.5 Å². The van der Waals surface area contributed by atoms with Crippen LogP contribution >= 0.6 is 11.3 Å². The predicted molar refractivity (Wildman–Crippen MR) is 63.2 cm³/mol. The van der Waals surface area contributed by atoms with Crippen LogP contribution in [0.1, 0.15) is 25.7 Å². The van der Waals surface area contributed by atoms with E-state index in [4.69, 9.17) is 10.8 Å². The van der Waals surface area contributed by atoms with Gasteiger partial charge in [-0.15, -0.1) is 0 Å². The molecule has 0 saturated carbocycles. The van der Waals surface area contributed by atoms with E-state index < -0.39 is 0 Å². The van der Waals surface area contributed by atoms with Crippen molar-refractivity contribution in [3.05, 3.63) is 6.20 Å². The van der Waals surface area contributed by atoms with Crippen LogP contribution in [-0.4, -0.2) is 29.3 Å². The first kappa shape index (κ1) is 10.7. The zero-order valence-electron chi connectivity index (χ0n) is 8.72. The predicted octanol–water partition coefficient (Wildman–Crippen LogP) is 1.47. The largest absolute Gasteiger partial charge is 0.396 e. The van der Waals surface area contributed by atoms with Crippen LogP contribution in [0.25, 0.3) is 0 Å². The fourth-order valence-electron chi connectivity index (χ4n) is 2.12. The van der Waals surface area contributed by atoms with Crippen molar-refractivity contribution in [2.24, 2.45) is 0 Å². The maximum atomic E-state index is 8.84. The molecule has 1 aromatic rings. The normalized spacial score (nSPS) is 21.1. The molecule has 0 bridgehead atoms. The van der Waals surface area contributed by atoms with E-state index in [0.29, 0.717) is 6.04 Å². The monoisotopic (exact) mass is 227 g/mol. The molecule has 0 aromatic carbocycles. The van der Waals surface area contributed by atoms with E-state index >= 15 is 0 Å². The molecular formula is C10H17N3OS. The summed E-state index contributed by atoms with van der Waals surface area (Å²) >= 11 is 1.55. The van der Waals surface area contributed by atoms with Gasteiger partial charge in [-0.05, 0) is 25.7 Å². The topological polar surface area (TPSA) is 62.4 Å². The van der Waals surface area contributed by atoms with Crippen molar-refractivity contribution in [2.75, 3.05) is 23.8 Å². The number of thiazole rings is 1. The van der Waals surface area contributed by atoms with Crippen LogP contribution in [0.4, 0.5) is 10.1 Å². The molecule has 1 saturated heterocycles. The van der Waals surface area contributed by atoms with E-state index in [-0.39, 0.29) is 6.61 Å². The first-order chi connectivity index (χ1) is 7.31. The SMILES string of the molecule is Nc1cnc(N2CCCC2CCCO)s1. The molecule has 2 heterocycles. The molecule has 5 heteroatoms. The van der Waals surface area contributed by atoms with Gasteiger partial charge in [0.1, 0.15) is 5.00 Å². The summed E-state index contributed by atoms with van der Waals surface area (Å²) in [5, 5.41) is 10.6. The first-order valence-corrected chi connectivity index (χ1v) is 6.21. The molecular weight excluding hydrogens is 210 g/mol. The number of aromatic nitrogens is 1. The smallest absolute Gasteiger partial charge is 0.187 e. The van der Waals surface area contributed by atoms with Crippen LogP contribution in [0.5, 0.6) is 0 Å². The molecule has 0 spiro atoms. The van der Waals surface area contributed by atoms with E-state index in [9.17, 15) is 0 Å². The summed E-state index contributed by atoms with van der Waals surface area (Å²) in [6, 6.07) is 0.544. The second-order valence-corrected chi connectivity index (χ2v) is 4.94. The molecule has 1 aliphatic rings. The Labute approximate surface area is 93.7 Å². The fourth-order valence-corrected chi connectivity index (χ4v) is 2.90. The van der Waals surface area contributed by atoms with Crippen LogP contribution in [0.2, 0.25) is 0 Å². The highest BCUT2D eigenvalue weighted by Gasteiger charge is 2.25. The van der Waals surface area contributed by atoms with Gasteiger partial charge in [0, 0.05) is 19.2 Å². The fraction of sp³-hybridized carbons (Fsp3) is 0.700. The van der Waals surface area contributed by atoms with Gasteiger partial charge in [-0.1, -0.05) is 11.3 Å². The number of hydrogen-bond acceptors (Lipinski definition) is 5. The molecule has 2 rings (SSSR count). The molecule has 1 aromatic heterocycles. The van der Waals surface area contributed by atoms with Crippen LogP contribution in [0.3, 0.4) is 0 Å². The number of rotatable bonds is 4. The quantitative estimate of drug-likeness (QED) is 0.817. The molecule has 1 atom stereocenters. The zero-order chi connectivity index (χ0) is 10.7. The minimum atomic E-state index is 0.282. The molecule has 0 aliphatic carbocycles. The lowest BCUT2D eigenvalue weighted by molar-refractivity contribution is 0.279. The van der Waals surface area contributed by atoms with Gasteiger partial charge in [-0.3, -0.25) is 0 Å². The maximum Gasteiger partial charge on any atom is 0.187 e. The van der Waals surface area contributed by atoms with Crippen molar-refractivity contribution in [1.29, 1.82) is 0 Å². The third-order valence-corrected chi connectivity index (χ3v) is 3.69. The Balaban J connectivity index is 2.01.